The van der Waals surface area contributed by atoms with Crippen molar-refractivity contribution in [3.63, 3.8) is 0 Å². The number of nitrogens with one attached hydrogen (secondary N) is 1. The third kappa shape index (κ3) is 2.49. The number of halogens is 1. The number of benzene rings is 1. The van der Waals surface area contributed by atoms with Gasteiger partial charge in [-0.15, -0.1) is 0 Å². The fourth-order valence-corrected chi connectivity index (χ4v) is 2.24. The molecule has 6 heteroatoms. The van der Waals surface area contributed by atoms with Gasteiger partial charge in [-0.25, -0.2) is 4.79 Å². The van der Waals surface area contributed by atoms with Gasteiger partial charge in [-0.1, -0.05) is 23.7 Å². The van der Waals surface area contributed by atoms with Crippen LogP contribution < -0.4 is 11.2 Å². The molecule has 0 saturated heterocycles. The van der Waals surface area contributed by atoms with Gasteiger partial charge in [-0.3, -0.25) is 14.3 Å². The lowest BCUT2D eigenvalue weighted by atomic mass is 10.1. The Morgan fingerprint density at radius 3 is 2.45 bits per heavy atom. The minimum atomic E-state index is -0.668. The zero-order valence-corrected chi connectivity index (χ0v) is 12.2. The number of H-pyrrole nitrogens is 1. The lowest BCUT2D eigenvalue weighted by Crippen LogP contribution is -2.39. The number of nitrogens with zero attached hydrogens (tertiary/aromatic N) is 1. The van der Waals surface area contributed by atoms with Gasteiger partial charge in [0, 0.05) is 10.6 Å². The van der Waals surface area contributed by atoms with Crippen LogP contribution in [0.15, 0.2) is 33.9 Å². The van der Waals surface area contributed by atoms with Crippen molar-refractivity contribution >= 4 is 11.6 Å². The third-order valence-corrected chi connectivity index (χ3v) is 3.11. The summed E-state index contributed by atoms with van der Waals surface area (Å²) < 4.78 is 1.14. The monoisotopic (exact) mass is 294 g/mol. The molecular formula is C14H15ClN2O3. The SMILES string of the molecule is CC(C)(C)n1c(O)c(-c2cccc(Cl)c2)c(=O)[nH]c1=O. The summed E-state index contributed by atoms with van der Waals surface area (Å²) >= 11 is 5.90. The molecule has 0 aliphatic heterocycles. The maximum Gasteiger partial charge on any atom is 0.331 e. The van der Waals surface area contributed by atoms with Crippen LogP contribution in [0, 0.1) is 0 Å². The van der Waals surface area contributed by atoms with Crippen molar-refractivity contribution in [3.05, 3.63) is 50.1 Å². The summed E-state index contributed by atoms with van der Waals surface area (Å²) in [6, 6.07) is 6.54. The second kappa shape index (κ2) is 4.83. The Kier molecular flexibility index (Phi) is 3.48. The van der Waals surface area contributed by atoms with Crippen LogP contribution in [-0.4, -0.2) is 14.7 Å². The van der Waals surface area contributed by atoms with E-state index in [2.05, 4.69) is 4.98 Å². The summed E-state index contributed by atoms with van der Waals surface area (Å²) in [5.74, 6) is -0.367. The second-order valence-corrected chi connectivity index (χ2v) is 5.91. The molecule has 1 heterocycles. The smallest absolute Gasteiger partial charge is 0.331 e. The molecular weight excluding hydrogens is 280 g/mol. The zero-order chi connectivity index (χ0) is 15.1. The minimum Gasteiger partial charge on any atom is -0.494 e. The Morgan fingerprint density at radius 2 is 1.90 bits per heavy atom. The molecule has 0 aliphatic rings. The predicted molar refractivity (Wildman–Crippen MR) is 78.4 cm³/mol. The topological polar surface area (TPSA) is 75.1 Å². The van der Waals surface area contributed by atoms with Crippen LogP contribution >= 0.6 is 11.6 Å². The van der Waals surface area contributed by atoms with E-state index in [9.17, 15) is 14.7 Å². The van der Waals surface area contributed by atoms with Gasteiger partial charge in [0.25, 0.3) is 5.56 Å². The molecule has 5 nitrogen and oxygen atoms in total. The van der Waals surface area contributed by atoms with Crippen LogP contribution in [0.5, 0.6) is 5.88 Å². The van der Waals surface area contributed by atoms with Gasteiger partial charge < -0.3 is 5.11 Å². The van der Waals surface area contributed by atoms with Gasteiger partial charge >= 0.3 is 5.69 Å². The highest BCUT2D eigenvalue weighted by Crippen LogP contribution is 2.29. The lowest BCUT2D eigenvalue weighted by Gasteiger charge is -2.24. The molecule has 0 atom stereocenters. The largest absolute Gasteiger partial charge is 0.494 e. The predicted octanol–water partition coefficient (Wildman–Crippen LogP) is 2.32. The number of aromatic nitrogens is 2. The highest BCUT2D eigenvalue weighted by Gasteiger charge is 2.23. The molecule has 0 spiro atoms. The van der Waals surface area contributed by atoms with Crippen LogP contribution in [0.2, 0.25) is 5.02 Å². The van der Waals surface area contributed by atoms with Gasteiger partial charge in [0.15, 0.2) is 0 Å². The van der Waals surface area contributed by atoms with Crippen molar-refractivity contribution in [2.24, 2.45) is 0 Å². The molecule has 106 valence electrons. The Labute approximate surface area is 120 Å². The highest BCUT2D eigenvalue weighted by atomic mass is 35.5. The molecule has 0 unspecified atom stereocenters. The van der Waals surface area contributed by atoms with E-state index in [1.54, 1.807) is 45.0 Å². The molecule has 0 fully saturated rings. The summed E-state index contributed by atoms with van der Waals surface area (Å²) in [4.78, 5) is 26.1. The summed E-state index contributed by atoms with van der Waals surface area (Å²) in [5, 5.41) is 10.8. The molecule has 0 aliphatic carbocycles. The fourth-order valence-electron chi connectivity index (χ4n) is 2.05. The van der Waals surface area contributed by atoms with E-state index in [0.717, 1.165) is 4.57 Å². The van der Waals surface area contributed by atoms with Crippen molar-refractivity contribution in [1.82, 2.24) is 9.55 Å². The van der Waals surface area contributed by atoms with Crippen molar-refractivity contribution < 1.29 is 5.11 Å². The summed E-state index contributed by atoms with van der Waals surface area (Å²) in [5.41, 5.74) is -1.48. The average molecular weight is 295 g/mol. The second-order valence-electron chi connectivity index (χ2n) is 5.47. The Balaban J connectivity index is 2.85. The van der Waals surface area contributed by atoms with E-state index >= 15 is 0 Å². The van der Waals surface area contributed by atoms with Crippen molar-refractivity contribution in [2.45, 2.75) is 26.3 Å². The van der Waals surface area contributed by atoms with E-state index < -0.39 is 16.8 Å². The fraction of sp³-hybridized carbons (Fsp3) is 0.286. The zero-order valence-electron chi connectivity index (χ0n) is 11.4. The summed E-state index contributed by atoms with van der Waals surface area (Å²) in [6.45, 7) is 5.27. The molecule has 1 aromatic carbocycles. The summed E-state index contributed by atoms with van der Waals surface area (Å²) in [7, 11) is 0. The van der Waals surface area contributed by atoms with Crippen LogP contribution in [0.3, 0.4) is 0 Å². The number of aromatic amines is 1. The van der Waals surface area contributed by atoms with E-state index in [1.165, 1.54) is 0 Å². The van der Waals surface area contributed by atoms with Crippen molar-refractivity contribution in [2.75, 3.05) is 0 Å². The first-order valence-corrected chi connectivity index (χ1v) is 6.44. The Hall–Kier alpha value is -2.01. The minimum absolute atomic E-state index is 0.0297. The first-order valence-electron chi connectivity index (χ1n) is 6.06. The molecule has 0 bridgehead atoms. The maximum atomic E-state index is 12.0. The normalized spacial score (nSPS) is 11.6. The Morgan fingerprint density at radius 1 is 1.25 bits per heavy atom. The highest BCUT2D eigenvalue weighted by molar-refractivity contribution is 6.30. The van der Waals surface area contributed by atoms with Gasteiger partial charge in [-0.2, -0.15) is 0 Å². The van der Waals surface area contributed by atoms with Crippen LogP contribution in [0.4, 0.5) is 0 Å². The number of hydrogen-bond donors (Lipinski definition) is 2. The molecule has 0 saturated carbocycles. The quantitative estimate of drug-likeness (QED) is 0.847. The molecule has 2 aromatic rings. The lowest BCUT2D eigenvalue weighted by molar-refractivity contribution is 0.308. The molecule has 20 heavy (non-hydrogen) atoms. The molecule has 2 N–H and O–H groups in total. The number of aromatic hydroxyl groups is 1. The molecule has 0 radical (unpaired) electrons. The number of rotatable bonds is 1. The van der Waals surface area contributed by atoms with E-state index in [4.69, 9.17) is 11.6 Å². The van der Waals surface area contributed by atoms with E-state index in [-0.39, 0.29) is 11.4 Å². The van der Waals surface area contributed by atoms with Crippen molar-refractivity contribution in [3.8, 4) is 17.0 Å². The van der Waals surface area contributed by atoms with E-state index in [0.29, 0.717) is 10.6 Å². The average Bonchev–Trinajstić information content (AvgIpc) is 2.25. The third-order valence-electron chi connectivity index (χ3n) is 2.87. The van der Waals surface area contributed by atoms with Gasteiger partial charge in [-0.05, 0) is 38.5 Å². The van der Waals surface area contributed by atoms with Crippen LogP contribution in [0.1, 0.15) is 20.8 Å². The standard InChI is InChI=1S/C14H15ClN2O3/c1-14(2,3)17-12(19)10(11(18)16-13(17)20)8-5-4-6-9(15)7-8/h4-7,19H,1-3H3,(H,16,18,20). The molecule has 2 rings (SSSR count). The van der Waals surface area contributed by atoms with Gasteiger partial charge in [0.1, 0.15) is 5.56 Å². The van der Waals surface area contributed by atoms with Crippen molar-refractivity contribution in [1.29, 1.82) is 0 Å². The van der Waals surface area contributed by atoms with Crippen LogP contribution in [0.25, 0.3) is 11.1 Å². The maximum absolute atomic E-state index is 12.0. The Bertz CT molecular complexity index is 769. The first-order chi connectivity index (χ1) is 9.21. The molecule has 1 aromatic heterocycles. The van der Waals surface area contributed by atoms with Crippen LogP contribution in [-0.2, 0) is 5.54 Å². The van der Waals surface area contributed by atoms with Gasteiger partial charge in [0.05, 0.1) is 0 Å². The summed E-state index contributed by atoms with van der Waals surface area (Å²) in [6.07, 6.45) is 0. The molecule has 0 amide bonds. The first kappa shape index (κ1) is 14.4. The van der Waals surface area contributed by atoms with Gasteiger partial charge in [0.2, 0.25) is 5.88 Å². The number of hydrogen-bond acceptors (Lipinski definition) is 3. The van der Waals surface area contributed by atoms with E-state index in [1.807, 2.05) is 0 Å².